The predicted octanol–water partition coefficient (Wildman–Crippen LogP) is 6.06. The highest BCUT2D eigenvalue weighted by atomic mass is 79.9. The molecule has 0 saturated carbocycles. The Bertz CT molecular complexity index is 1600. The number of anilines is 2. The van der Waals surface area contributed by atoms with Crippen molar-refractivity contribution in [2.24, 2.45) is 9.98 Å². The van der Waals surface area contributed by atoms with E-state index in [1.165, 1.54) is 22.3 Å². The van der Waals surface area contributed by atoms with Crippen LogP contribution in [0.3, 0.4) is 0 Å². The summed E-state index contributed by atoms with van der Waals surface area (Å²) >= 11 is 7.23. The molecule has 0 atom stereocenters. The molecule has 2 aromatic heterocycles. The number of hydrogen-bond donors (Lipinski definition) is 0. The molecule has 0 radical (unpaired) electrons. The monoisotopic (exact) mass is 714 g/mol. The number of ether oxygens (including phenoxy) is 2. The molecule has 0 bridgehead atoms. The van der Waals surface area contributed by atoms with E-state index in [4.69, 9.17) is 19.5 Å². The first-order valence-corrected chi connectivity index (χ1v) is 16.5. The number of rotatable bonds is 4. The number of nitrogens with zero attached hydrogens (tertiary/aromatic N) is 6. The van der Waals surface area contributed by atoms with Crippen molar-refractivity contribution in [3.63, 3.8) is 0 Å². The molecule has 2 saturated heterocycles. The Hall–Kier alpha value is -3.44. The van der Waals surface area contributed by atoms with Crippen molar-refractivity contribution in [3.05, 3.63) is 115 Å². The topological polar surface area (TPSA) is 75.4 Å². The smallest absolute Gasteiger partial charge is 0.129 e. The predicted molar refractivity (Wildman–Crippen MR) is 182 cm³/mol. The number of halogens is 2. The summed E-state index contributed by atoms with van der Waals surface area (Å²) < 4.78 is 13.1. The third-order valence-electron chi connectivity index (χ3n) is 8.25. The number of morpholine rings is 2. The van der Waals surface area contributed by atoms with E-state index in [-0.39, 0.29) is 0 Å². The van der Waals surface area contributed by atoms with Crippen LogP contribution in [0.25, 0.3) is 0 Å². The maximum atomic E-state index is 5.41. The zero-order valence-corrected chi connectivity index (χ0v) is 27.4. The molecule has 8 rings (SSSR count). The molecule has 10 heteroatoms. The Balaban J connectivity index is 0.000000142. The maximum Gasteiger partial charge on any atom is 0.129 e. The number of benzene rings is 2. The second kappa shape index (κ2) is 13.3. The summed E-state index contributed by atoms with van der Waals surface area (Å²) in [7, 11) is 0. The summed E-state index contributed by atoms with van der Waals surface area (Å²) in [5.74, 6) is 2.01. The van der Waals surface area contributed by atoms with Crippen LogP contribution in [0.2, 0.25) is 0 Å². The van der Waals surface area contributed by atoms with E-state index in [0.717, 1.165) is 109 Å². The highest BCUT2D eigenvalue weighted by Crippen LogP contribution is 2.31. The normalized spacial score (nSPS) is 17.3. The highest BCUT2D eigenvalue weighted by molar-refractivity contribution is 9.10. The number of hydrogen-bond acceptors (Lipinski definition) is 8. The van der Waals surface area contributed by atoms with Gasteiger partial charge in [0.05, 0.1) is 50.9 Å². The molecular formula is C34H32Br2N6O2. The SMILES string of the molecule is Brc1cccc2c1CN=C2c1ccnc(N2CCOCC2)c1.Brc1cccc2c1CN=C2c1ccnc(N2CCOCC2)c1. The minimum Gasteiger partial charge on any atom is -0.378 e. The van der Waals surface area contributed by atoms with E-state index in [1.54, 1.807) is 0 Å². The molecule has 0 spiro atoms. The Labute approximate surface area is 274 Å². The molecular weight excluding hydrogens is 684 g/mol. The van der Waals surface area contributed by atoms with E-state index in [9.17, 15) is 0 Å². The molecule has 224 valence electrons. The average molecular weight is 716 g/mol. The van der Waals surface area contributed by atoms with Crippen LogP contribution in [-0.4, -0.2) is 74.0 Å². The van der Waals surface area contributed by atoms with Crippen molar-refractivity contribution >= 4 is 54.9 Å². The van der Waals surface area contributed by atoms with E-state index >= 15 is 0 Å². The molecule has 6 heterocycles. The van der Waals surface area contributed by atoms with Gasteiger partial charge in [-0.15, -0.1) is 0 Å². The van der Waals surface area contributed by atoms with Gasteiger partial charge in [0.15, 0.2) is 0 Å². The molecule has 4 aliphatic heterocycles. The first-order valence-electron chi connectivity index (χ1n) is 14.9. The van der Waals surface area contributed by atoms with Gasteiger partial charge in [0.25, 0.3) is 0 Å². The van der Waals surface area contributed by atoms with E-state index in [1.807, 2.05) is 24.5 Å². The zero-order valence-electron chi connectivity index (χ0n) is 24.3. The summed E-state index contributed by atoms with van der Waals surface area (Å²) in [6.45, 7) is 8.12. The lowest BCUT2D eigenvalue weighted by atomic mass is 10.0. The van der Waals surface area contributed by atoms with Crippen LogP contribution >= 0.6 is 31.9 Å². The summed E-state index contributed by atoms with van der Waals surface area (Å²) in [5.41, 5.74) is 9.36. The second-order valence-corrected chi connectivity index (χ2v) is 12.6. The molecule has 4 aromatic rings. The average Bonchev–Trinajstić information content (AvgIpc) is 3.73. The highest BCUT2D eigenvalue weighted by Gasteiger charge is 2.22. The van der Waals surface area contributed by atoms with Crippen LogP contribution in [0.1, 0.15) is 33.4 Å². The molecule has 2 fully saturated rings. The van der Waals surface area contributed by atoms with Crippen LogP contribution in [0.15, 0.2) is 92.0 Å². The van der Waals surface area contributed by atoms with Gasteiger partial charge >= 0.3 is 0 Å². The molecule has 8 nitrogen and oxygen atoms in total. The van der Waals surface area contributed by atoms with Crippen molar-refractivity contribution in [2.75, 3.05) is 62.4 Å². The van der Waals surface area contributed by atoms with Gasteiger partial charge in [-0.2, -0.15) is 0 Å². The Morgan fingerprint density at radius 1 is 0.568 bits per heavy atom. The van der Waals surface area contributed by atoms with Gasteiger partial charge in [-0.05, 0) is 47.5 Å². The van der Waals surface area contributed by atoms with Gasteiger partial charge in [-0.3, -0.25) is 9.98 Å². The standard InChI is InChI=1S/2C17H16BrN3O/c2*18-15-3-1-2-13-14(15)11-20-17(13)12-4-5-19-16(10-12)21-6-8-22-9-7-21/h2*1-5,10H,6-9,11H2. The number of aliphatic imine (C=N–C) groups is 2. The van der Waals surface area contributed by atoms with Gasteiger partial charge in [-0.25, -0.2) is 9.97 Å². The lowest BCUT2D eigenvalue weighted by Gasteiger charge is -2.28. The summed E-state index contributed by atoms with van der Waals surface area (Å²) in [5, 5.41) is 0. The van der Waals surface area contributed by atoms with E-state index in [2.05, 4.69) is 100 Å². The maximum absolute atomic E-state index is 5.41. The largest absolute Gasteiger partial charge is 0.378 e. The third kappa shape index (κ3) is 6.08. The fourth-order valence-electron chi connectivity index (χ4n) is 5.92. The molecule has 2 aromatic carbocycles. The Morgan fingerprint density at radius 3 is 1.43 bits per heavy atom. The van der Waals surface area contributed by atoms with Crippen LogP contribution in [-0.2, 0) is 22.6 Å². The Morgan fingerprint density at radius 2 is 1.00 bits per heavy atom. The van der Waals surface area contributed by atoms with Crippen molar-refractivity contribution in [3.8, 4) is 0 Å². The second-order valence-electron chi connectivity index (χ2n) is 10.9. The molecule has 0 aliphatic carbocycles. The van der Waals surface area contributed by atoms with Crippen molar-refractivity contribution in [2.45, 2.75) is 13.1 Å². The minimum absolute atomic E-state index is 0.737. The van der Waals surface area contributed by atoms with Crippen molar-refractivity contribution in [1.82, 2.24) is 9.97 Å². The molecule has 44 heavy (non-hydrogen) atoms. The summed E-state index contributed by atoms with van der Waals surface area (Å²) in [4.78, 5) is 23.0. The van der Waals surface area contributed by atoms with Crippen molar-refractivity contribution in [1.29, 1.82) is 0 Å². The van der Waals surface area contributed by atoms with Crippen LogP contribution in [0, 0.1) is 0 Å². The van der Waals surface area contributed by atoms with E-state index in [0.29, 0.717) is 0 Å². The third-order valence-corrected chi connectivity index (χ3v) is 9.73. The quantitative estimate of drug-likeness (QED) is 0.256. The van der Waals surface area contributed by atoms with Crippen molar-refractivity contribution < 1.29 is 9.47 Å². The molecule has 0 amide bonds. The van der Waals surface area contributed by atoms with Gasteiger partial charge in [0.1, 0.15) is 11.6 Å². The first-order chi connectivity index (χ1) is 21.7. The molecule has 0 N–H and O–H groups in total. The number of aromatic nitrogens is 2. The lowest BCUT2D eigenvalue weighted by molar-refractivity contribution is 0.122. The fraction of sp³-hybridized carbons (Fsp3) is 0.294. The van der Waals surface area contributed by atoms with Crippen LogP contribution < -0.4 is 9.80 Å². The number of pyridine rings is 2. The molecule has 4 aliphatic rings. The zero-order chi connectivity index (χ0) is 29.9. The van der Waals surface area contributed by atoms with Gasteiger partial charge in [-0.1, -0.05) is 56.1 Å². The molecule has 0 unspecified atom stereocenters. The van der Waals surface area contributed by atoms with Gasteiger partial charge in [0.2, 0.25) is 0 Å². The Kier molecular flexibility index (Phi) is 8.84. The minimum atomic E-state index is 0.737. The number of fused-ring (bicyclic) bond motifs is 2. The van der Waals surface area contributed by atoms with Gasteiger partial charge in [0, 0.05) is 69.8 Å². The fourth-order valence-corrected chi connectivity index (χ4v) is 6.91. The van der Waals surface area contributed by atoms with E-state index < -0.39 is 0 Å². The summed E-state index contributed by atoms with van der Waals surface area (Å²) in [6, 6.07) is 20.9. The van der Waals surface area contributed by atoms with Crippen LogP contribution in [0.4, 0.5) is 11.6 Å². The lowest BCUT2D eigenvalue weighted by Crippen LogP contribution is -2.36. The van der Waals surface area contributed by atoms with Gasteiger partial charge < -0.3 is 19.3 Å². The van der Waals surface area contributed by atoms with Crippen LogP contribution in [0.5, 0.6) is 0 Å². The first kappa shape index (κ1) is 29.3. The summed E-state index contributed by atoms with van der Waals surface area (Å²) in [6.07, 6.45) is 3.75.